The number of thioether (sulfide) groups is 1. The molecule has 1 amide bonds. The van der Waals surface area contributed by atoms with Crippen LogP contribution in [0.1, 0.15) is 16.7 Å². The number of hydrogen-bond donors (Lipinski definition) is 1. The van der Waals surface area contributed by atoms with Gasteiger partial charge in [-0.05, 0) is 58.4 Å². The van der Waals surface area contributed by atoms with E-state index in [0.29, 0.717) is 24.5 Å². The quantitative estimate of drug-likeness (QED) is 0.280. The standard InChI is InChI=1S/C25H25NO3S/c1-28-24-15-20(13-14-26-18-27)22(16-25(24)29-2)23(19-9-5-3-6-10-19)17-30-21-11-7-4-8-12-21/h3-12,15-18H,13-14H2,1-2H3,(H,26,27)/b23-17-. The fourth-order valence-corrected chi connectivity index (χ4v) is 4.01. The summed E-state index contributed by atoms with van der Waals surface area (Å²) in [5.74, 6) is 1.34. The number of nitrogens with one attached hydrogen (secondary N) is 1. The highest BCUT2D eigenvalue weighted by molar-refractivity contribution is 8.02. The largest absolute Gasteiger partial charge is 0.493 e. The molecule has 154 valence electrons. The maximum atomic E-state index is 10.7. The number of ether oxygens (including phenoxy) is 2. The molecule has 0 aliphatic rings. The number of rotatable bonds is 10. The van der Waals surface area contributed by atoms with Gasteiger partial charge in [-0.25, -0.2) is 0 Å². The lowest BCUT2D eigenvalue weighted by molar-refractivity contribution is -0.109. The molecule has 0 aliphatic heterocycles. The number of carbonyl (C=O) groups is 1. The number of amides is 1. The summed E-state index contributed by atoms with van der Waals surface area (Å²) >= 11 is 1.67. The summed E-state index contributed by atoms with van der Waals surface area (Å²) in [7, 11) is 3.27. The summed E-state index contributed by atoms with van der Waals surface area (Å²) in [6.45, 7) is 0.542. The van der Waals surface area contributed by atoms with E-state index in [0.717, 1.165) is 33.6 Å². The lowest BCUT2D eigenvalue weighted by atomic mass is 9.93. The first-order chi connectivity index (χ1) is 14.8. The molecule has 0 fully saturated rings. The minimum Gasteiger partial charge on any atom is -0.493 e. The van der Waals surface area contributed by atoms with Crippen LogP contribution < -0.4 is 14.8 Å². The molecule has 3 aromatic rings. The van der Waals surface area contributed by atoms with Gasteiger partial charge in [0.15, 0.2) is 11.5 Å². The predicted molar refractivity (Wildman–Crippen MR) is 123 cm³/mol. The molecule has 0 saturated carbocycles. The van der Waals surface area contributed by atoms with Gasteiger partial charge in [0.2, 0.25) is 6.41 Å². The third-order valence-corrected chi connectivity index (χ3v) is 5.56. The normalized spacial score (nSPS) is 11.1. The molecule has 0 heterocycles. The third kappa shape index (κ3) is 5.45. The van der Waals surface area contributed by atoms with Crippen LogP contribution in [0.3, 0.4) is 0 Å². The highest BCUT2D eigenvalue weighted by Gasteiger charge is 2.16. The van der Waals surface area contributed by atoms with Crippen molar-refractivity contribution in [3.63, 3.8) is 0 Å². The topological polar surface area (TPSA) is 47.6 Å². The molecular formula is C25H25NO3S. The van der Waals surface area contributed by atoms with Gasteiger partial charge in [0, 0.05) is 11.4 Å². The van der Waals surface area contributed by atoms with E-state index in [4.69, 9.17) is 9.47 Å². The smallest absolute Gasteiger partial charge is 0.207 e. The van der Waals surface area contributed by atoms with Gasteiger partial charge in [0.05, 0.1) is 14.2 Å². The maximum absolute atomic E-state index is 10.7. The monoisotopic (exact) mass is 419 g/mol. The number of hydrogen-bond acceptors (Lipinski definition) is 4. The minimum atomic E-state index is 0.542. The molecule has 0 bridgehead atoms. The Morgan fingerprint density at radius 1 is 0.933 bits per heavy atom. The summed E-state index contributed by atoms with van der Waals surface area (Å²) in [5, 5.41) is 4.92. The molecule has 0 atom stereocenters. The van der Waals surface area contributed by atoms with Crippen LogP contribution in [0.4, 0.5) is 0 Å². The highest BCUT2D eigenvalue weighted by atomic mass is 32.2. The van der Waals surface area contributed by atoms with Crippen LogP contribution in [0, 0.1) is 0 Å². The first-order valence-electron chi connectivity index (χ1n) is 9.66. The molecule has 4 nitrogen and oxygen atoms in total. The lowest BCUT2D eigenvalue weighted by Gasteiger charge is -2.18. The lowest BCUT2D eigenvalue weighted by Crippen LogP contribution is -2.15. The van der Waals surface area contributed by atoms with Crippen molar-refractivity contribution < 1.29 is 14.3 Å². The molecule has 0 unspecified atom stereocenters. The molecule has 3 aromatic carbocycles. The Morgan fingerprint density at radius 3 is 2.20 bits per heavy atom. The molecule has 0 spiro atoms. The Balaban J connectivity index is 2.11. The van der Waals surface area contributed by atoms with Crippen molar-refractivity contribution in [3.8, 4) is 11.5 Å². The van der Waals surface area contributed by atoms with Gasteiger partial charge in [0.1, 0.15) is 0 Å². The molecule has 1 N–H and O–H groups in total. The van der Waals surface area contributed by atoms with Crippen molar-refractivity contribution in [1.29, 1.82) is 0 Å². The summed E-state index contributed by atoms with van der Waals surface area (Å²) in [6.07, 6.45) is 1.40. The van der Waals surface area contributed by atoms with E-state index in [2.05, 4.69) is 35.0 Å². The van der Waals surface area contributed by atoms with Crippen LogP contribution in [0.2, 0.25) is 0 Å². The Labute approximate surface area is 181 Å². The van der Waals surface area contributed by atoms with E-state index >= 15 is 0 Å². The van der Waals surface area contributed by atoms with Crippen LogP contribution in [-0.4, -0.2) is 27.2 Å². The second-order valence-electron chi connectivity index (χ2n) is 6.51. The van der Waals surface area contributed by atoms with Crippen molar-refractivity contribution >= 4 is 23.7 Å². The number of benzene rings is 3. The molecule has 3 rings (SSSR count). The summed E-state index contributed by atoms with van der Waals surface area (Å²) in [4.78, 5) is 11.9. The van der Waals surface area contributed by atoms with Crippen molar-refractivity contribution in [1.82, 2.24) is 5.32 Å². The Kier molecular flexibility index (Phi) is 7.98. The van der Waals surface area contributed by atoms with E-state index in [1.165, 1.54) is 0 Å². The minimum absolute atomic E-state index is 0.542. The first-order valence-corrected chi connectivity index (χ1v) is 10.5. The van der Waals surface area contributed by atoms with Crippen LogP contribution in [-0.2, 0) is 11.2 Å². The van der Waals surface area contributed by atoms with Crippen molar-refractivity contribution in [2.45, 2.75) is 11.3 Å². The molecular weight excluding hydrogens is 394 g/mol. The molecule has 0 aromatic heterocycles. The molecule has 0 radical (unpaired) electrons. The maximum Gasteiger partial charge on any atom is 0.207 e. The predicted octanol–water partition coefficient (Wildman–Crippen LogP) is 5.17. The molecule has 0 aliphatic carbocycles. The van der Waals surface area contributed by atoms with E-state index in [-0.39, 0.29) is 0 Å². The highest BCUT2D eigenvalue weighted by Crippen LogP contribution is 2.38. The van der Waals surface area contributed by atoms with E-state index in [1.54, 1.807) is 26.0 Å². The second kappa shape index (κ2) is 11.1. The van der Waals surface area contributed by atoms with E-state index in [1.807, 2.05) is 48.5 Å². The first kappa shape index (κ1) is 21.5. The van der Waals surface area contributed by atoms with Gasteiger partial charge in [-0.2, -0.15) is 0 Å². The summed E-state index contributed by atoms with van der Waals surface area (Å²) < 4.78 is 11.1. The Bertz CT molecular complexity index is 988. The Hall–Kier alpha value is -3.18. The van der Waals surface area contributed by atoms with Gasteiger partial charge in [-0.3, -0.25) is 4.79 Å². The fraction of sp³-hybridized carbons (Fsp3) is 0.160. The fourth-order valence-electron chi connectivity index (χ4n) is 3.18. The van der Waals surface area contributed by atoms with Crippen LogP contribution >= 0.6 is 11.8 Å². The average molecular weight is 420 g/mol. The average Bonchev–Trinajstić information content (AvgIpc) is 2.81. The number of carbonyl (C=O) groups excluding carboxylic acids is 1. The summed E-state index contributed by atoms with van der Waals surface area (Å²) in [5.41, 5.74) is 4.32. The van der Waals surface area contributed by atoms with Crippen LogP contribution in [0.5, 0.6) is 11.5 Å². The van der Waals surface area contributed by atoms with Gasteiger partial charge in [0.25, 0.3) is 0 Å². The third-order valence-electron chi connectivity index (χ3n) is 4.66. The molecule has 0 saturated heterocycles. The van der Waals surface area contributed by atoms with Gasteiger partial charge in [-0.15, -0.1) is 0 Å². The van der Waals surface area contributed by atoms with E-state index < -0.39 is 0 Å². The zero-order valence-corrected chi connectivity index (χ0v) is 17.9. The van der Waals surface area contributed by atoms with Crippen molar-refractivity contribution in [2.75, 3.05) is 20.8 Å². The van der Waals surface area contributed by atoms with Gasteiger partial charge in [-0.1, -0.05) is 60.3 Å². The zero-order chi connectivity index (χ0) is 21.2. The summed E-state index contributed by atoms with van der Waals surface area (Å²) in [6, 6.07) is 24.5. The Morgan fingerprint density at radius 2 is 1.57 bits per heavy atom. The molecule has 30 heavy (non-hydrogen) atoms. The number of methoxy groups -OCH3 is 2. The van der Waals surface area contributed by atoms with Crippen molar-refractivity contribution in [2.24, 2.45) is 0 Å². The van der Waals surface area contributed by atoms with Gasteiger partial charge >= 0.3 is 0 Å². The van der Waals surface area contributed by atoms with Gasteiger partial charge < -0.3 is 14.8 Å². The van der Waals surface area contributed by atoms with Crippen LogP contribution in [0.15, 0.2) is 83.1 Å². The molecule has 5 heteroatoms. The van der Waals surface area contributed by atoms with E-state index in [9.17, 15) is 4.79 Å². The second-order valence-corrected chi connectivity index (χ2v) is 7.46. The zero-order valence-electron chi connectivity index (χ0n) is 17.1. The van der Waals surface area contributed by atoms with Crippen molar-refractivity contribution in [3.05, 3.63) is 94.9 Å². The van der Waals surface area contributed by atoms with Crippen LogP contribution in [0.25, 0.3) is 5.57 Å². The SMILES string of the molecule is COc1cc(CCNC=O)c(/C(=C\Sc2ccccc2)c2ccccc2)cc1OC.